The van der Waals surface area contributed by atoms with Crippen LogP contribution in [0, 0.1) is 0 Å². The Hall–Kier alpha value is -0.340. The normalized spacial score (nSPS) is 29.2. The van der Waals surface area contributed by atoms with Crippen molar-refractivity contribution in [2.24, 2.45) is 0 Å². The molecule has 1 fully saturated rings. The molecule has 1 aliphatic carbocycles. The molecular formula is C13H12Br2ClF3N2O. The van der Waals surface area contributed by atoms with Gasteiger partial charge in [0.2, 0.25) is 0 Å². The number of amides is 1. The molecule has 1 aliphatic rings. The van der Waals surface area contributed by atoms with E-state index in [9.17, 15) is 18.0 Å². The lowest BCUT2D eigenvalue weighted by atomic mass is 9.80. The number of hydrogen-bond acceptors (Lipinski definition) is 2. The van der Waals surface area contributed by atoms with Crippen molar-refractivity contribution in [2.45, 2.75) is 40.6 Å². The number of rotatable bonds is 2. The van der Waals surface area contributed by atoms with Crippen molar-refractivity contribution in [3.63, 3.8) is 0 Å². The van der Waals surface area contributed by atoms with Crippen LogP contribution in [0.3, 0.4) is 0 Å². The van der Waals surface area contributed by atoms with E-state index in [1.807, 2.05) is 0 Å². The lowest BCUT2D eigenvalue weighted by molar-refractivity contribution is -0.174. The van der Waals surface area contributed by atoms with Crippen molar-refractivity contribution in [3.8, 4) is 0 Å². The molecule has 0 spiro atoms. The monoisotopic (exact) mass is 462 g/mol. The number of aromatic nitrogens is 1. The molecule has 0 bridgehead atoms. The Morgan fingerprint density at radius 2 is 1.91 bits per heavy atom. The number of nitrogens with one attached hydrogen (secondary N) is 1. The van der Waals surface area contributed by atoms with Crippen LogP contribution in [0.2, 0.25) is 5.15 Å². The van der Waals surface area contributed by atoms with E-state index in [0.29, 0.717) is 18.0 Å². The molecule has 1 amide bonds. The minimum absolute atomic E-state index is 0.0254. The zero-order valence-electron chi connectivity index (χ0n) is 11.1. The van der Waals surface area contributed by atoms with Crippen molar-refractivity contribution < 1.29 is 18.0 Å². The third kappa shape index (κ3) is 4.35. The molecule has 1 aromatic rings. The summed E-state index contributed by atoms with van der Waals surface area (Å²) in [5, 5.41) is 2.41. The predicted molar refractivity (Wildman–Crippen MR) is 84.6 cm³/mol. The Labute approximate surface area is 147 Å². The van der Waals surface area contributed by atoms with E-state index in [0.717, 1.165) is 5.56 Å². The molecule has 2 rings (SSSR count). The van der Waals surface area contributed by atoms with Gasteiger partial charge in [-0.2, -0.15) is 13.2 Å². The highest BCUT2D eigenvalue weighted by atomic mass is 79.9. The summed E-state index contributed by atoms with van der Waals surface area (Å²) >= 11 is 12.7. The van der Waals surface area contributed by atoms with Crippen LogP contribution in [-0.2, 0) is 4.79 Å². The zero-order valence-corrected chi connectivity index (χ0v) is 15.0. The molecule has 3 nitrogen and oxygen atoms in total. The highest BCUT2D eigenvalue weighted by molar-refractivity contribution is 9.12. The summed E-state index contributed by atoms with van der Waals surface area (Å²) < 4.78 is 37.5. The summed E-state index contributed by atoms with van der Waals surface area (Å²) in [6, 6.07) is 2.68. The van der Waals surface area contributed by atoms with Crippen LogP contribution >= 0.6 is 43.5 Å². The quantitative estimate of drug-likeness (QED) is 0.527. The molecule has 122 valence electrons. The molecule has 0 aromatic carbocycles. The van der Waals surface area contributed by atoms with Crippen LogP contribution < -0.4 is 5.32 Å². The van der Waals surface area contributed by atoms with E-state index in [2.05, 4.69) is 42.2 Å². The molecule has 4 atom stereocenters. The van der Waals surface area contributed by atoms with Gasteiger partial charge in [-0.25, -0.2) is 4.98 Å². The Morgan fingerprint density at radius 1 is 1.27 bits per heavy atom. The molecule has 1 aromatic heterocycles. The molecular weight excluding hydrogens is 452 g/mol. The average Bonchev–Trinajstić information content (AvgIpc) is 2.42. The van der Waals surface area contributed by atoms with Gasteiger partial charge in [0.1, 0.15) is 5.15 Å². The van der Waals surface area contributed by atoms with Gasteiger partial charge in [0, 0.05) is 27.8 Å². The van der Waals surface area contributed by atoms with Gasteiger partial charge in [-0.15, -0.1) is 0 Å². The van der Waals surface area contributed by atoms with Crippen LogP contribution in [0.5, 0.6) is 0 Å². The van der Waals surface area contributed by atoms with Crippen LogP contribution in [-0.4, -0.2) is 32.8 Å². The maximum absolute atomic E-state index is 12.5. The molecule has 0 aliphatic heterocycles. The van der Waals surface area contributed by atoms with Crippen LogP contribution in [0.4, 0.5) is 13.2 Å². The van der Waals surface area contributed by atoms with E-state index in [4.69, 9.17) is 11.6 Å². The highest BCUT2D eigenvalue weighted by Gasteiger charge is 2.43. The summed E-state index contributed by atoms with van der Waals surface area (Å²) in [4.78, 5) is 15.3. The summed E-state index contributed by atoms with van der Waals surface area (Å²) in [6.45, 7) is 0. The molecule has 1 heterocycles. The van der Waals surface area contributed by atoms with Crippen LogP contribution in [0.1, 0.15) is 24.3 Å². The van der Waals surface area contributed by atoms with E-state index >= 15 is 0 Å². The average molecular weight is 465 g/mol. The van der Waals surface area contributed by atoms with Gasteiger partial charge in [0.05, 0.1) is 0 Å². The maximum atomic E-state index is 12.5. The van der Waals surface area contributed by atoms with Gasteiger partial charge in [-0.05, 0) is 24.5 Å². The molecule has 1 saturated carbocycles. The highest BCUT2D eigenvalue weighted by Crippen LogP contribution is 2.39. The SMILES string of the molecule is O=C(N[C@@H]1C[C@H](Br)[C@@H](Br)C[C@@H]1c1ccc(Cl)nc1)C(F)(F)F. The van der Waals surface area contributed by atoms with Crippen molar-refractivity contribution in [2.75, 3.05) is 0 Å². The molecule has 0 unspecified atom stereocenters. The molecule has 22 heavy (non-hydrogen) atoms. The third-order valence-corrected chi connectivity index (χ3v) is 6.55. The Kier molecular flexibility index (Phi) is 5.77. The fourth-order valence-electron chi connectivity index (χ4n) is 2.49. The topological polar surface area (TPSA) is 42.0 Å². The van der Waals surface area contributed by atoms with E-state index in [1.165, 1.54) is 6.20 Å². The van der Waals surface area contributed by atoms with Gasteiger partial charge in [-0.1, -0.05) is 49.5 Å². The standard InChI is InChI=1S/C13H12Br2ClF3N2O/c14-8-3-7(6-1-2-11(16)20-5-6)10(4-9(8)15)21-12(22)13(17,18)19/h1-2,5,7-10H,3-4H2,(H,21,22)/t7-,8+,9+,10-/m1/s1. The van der Waals surface area contributed by atoms with Crippen molar-refractivity contribution in [1.82, 2.24) is 10.3 Å². The van der Waals surface area contributed by atoms with Crippen molar-refractivity contribution in [1.29, 1.82) is 0 Å². The number of nitrogens with zero attached hydrogens (tertiary/aromatic N) is 1. The second-order valence-corrected chi connectivity index (χ2v) is 7.84. The Balaban J connectivity index is 2.22. The summed E-state index contributed by atoms with van der Waals surface area (Å²) in [5.74, 6) is -2.19. The largest absolute Gasteiger partial charge is 0.471 e. The lowest BCUT2D eigenvalue weighted by Gasteiger charge is -2.37. The van der Waals surface area contributed by atoms with Gasteiger partial charge >= 0.3 is 12.1 Å². The van der Waals surface area contributed by atoms with Crippen molar-refractivity contribution >= 4 is 49.4 Å². The zero-order chi connectivity index (χ0) is 16.5. The molecule has 0 radical (unpaired) electrons. The molecule has 0 saturated heterocycles. The summed E-state index contributed by atoms with van der Waals surface area (Å²) in [5.41, 5.74) is 0.751. The second kappa shape index (κ2) is 7.05. The fourth-order valence-corrected chi connectivity index (χ4v) is 3.84. The van der Waals surface area contributed by atoms with Gasteiger partial charge in [-0.3, -0.25) is 4.79 Å². The van der Waals surface area contributed by atoms with Gasteiger partial charge < -0.3 is 5.32 Å². The van der Waals surface area contributed by atoms with Crippen molar-refractivity contribution in [3.05, 3.63) is 29.0 Å². The first kappa shape index (κ1) is 18.0. The predicted octanol–water partition coefficient (Wildman–Crippen LogP) is 4.19. The first-order valence-electron chi connectivity index (χ1n) is 6.45. The molecule has 9 heteroatoms. The van der Waals surface area contributed by atoms with E-state index < -0.39 is 18.1 Å². The van der Waals surface area contributed by atoms with E-state index in [-0.39, 0.29) is 15.6 Å². The van der Waals surface area contributed by atoms with Gasteiger partial charge in [0.15, 0.2) is 0 Å². The Morgan fingerprint density at radius 3 is 2.45 bits per heavy atom. The number of hydrogen-bond donors (Lipinski definition) is 1. The second-order valence-electron chi connectivity index (χ2n) is 5.10. The maximum Gasteiger partial charge on any atom is 0.471 e. The Bertz CT molecular complexity index is 541. The summed E-state index contributed by atoms with van der Waals surface area (Å²) in [7, 11) is 0. The third-order valence-electron chi connectivity index (χ3n) is 3.59. The van der Waals surface area contributed by atoms with E-state index in [1.54, 1.807) is 12.1 Å². The number of pyridine rings is 1. The first-order chi connectivity index (χ1) is 10.2. The number of carbonyl (C=O) groups excluding carboxylic acids is 1. The number of carbonyl (C=O) groups is 1. The first-order valence-corrected chi connectivity index (χ1v) is 8.66. The van der Waals surface area contributed by atoms with Crippen LogP contribution in [0.15, 0.2) is 18.3 Å². The minimum Gasteiger partial charge on any atom is -0.345 e. The summed E-state index contributed by atoms with van der Waals surface area (Å²) in [6.07, 6.45) is -2.41. The smallest absolute Gasteiger partial charge is 0.345 e. The number of halogens is 6. The van der Waals surface area contributed by atoms with Gasteiger partial charge in [0.25, 0.3) is 0 Å². The van der Waals surface area contributed by atoms with Crippen LogP contribution in [0.25, 0.3) is 0 Å². The lowest BCUT2D eigenvalue weighted by Crippen LogP contribution is -2.50. The fraction of sp³-hybridized carbons (Fsp3) is 0.538. The number of alkyl halides is 5. The minimum atomic E-state index is -4.89. The molecule has 1 N–H and O–H groups in total.